The highest BCUT2D eigenvalue weighted by atomic mass is 19.1. The van der Waals surface area contributed by atoms with Gasteiger partial charge in [0.25, 0.3) is 0 Å². The molecule has 0 aliphatic heterocycles. The predicted octanol–water partition coefficient (Wildman–Crippen LogP) is 3.24. The number of halogens is 1. The molecule has 3 rings (SSSR count). The number of benzene rings is 2. The Balaban J connectivity index is 1.55. The molecule has 140 valence electrons. The molecular formula is C21H24FN5. The van der Waals surface area contributed by atoms with Crippen LogP contribution in [0.3, 0.4) is 0 Å². The number of rotatable bonds is 6. The number of aryl methyl sites for hydroxylation is 1. The minimum atomic E-state index is -0.234. The van der Waals surface area contributed by atoms with E-state index in [4.69, 9.17) is 0 Å². The van der Waals surface area contributed by atoms with Gasteiger partial charge in [0.15, 0.2) is 5.96 Å². The highest BCUT2D eigenvalue weighted by molar-refractivity contribution is 5.79. The van der Waals surface area contributed by atoms with E-state index in [0.29, 0.717) is 19.0 Å². The van der Waals surface area contributed by atoms with Crippen LogP contribution in [0.5, 0.6) is 0 Å². The molecule has 2 aromatic carbocycles. The van der Waals surface area contributed by atoms with Crippen LogP contribution in [0.2, 0.25) is 0 Å². The number of hydrogen-bond donors (Lipinski definition) is 2. The second-order valence-electron chi connectivity index (χ2n) is 6.33. The molecule has 0 aliphatic rings. The van der Waals surface area contributed by atoms with Crippen molar-refractivity contribution < 1.29 is 4.39 Å². The van der Waals surface area contributed by atoms with Gasteiger partial charge in [0.1, 0.15) is 11.6 Å². The lowest BCUT2D eigenvalue weighted by molar-refractivity contribution is 0.624. The van der Waals surface area contributed by atoms with Crippen molar-refractivity contribution in [3.63, 3.8) is 0 Å². The van der Waals surface area contributed by atoms with E-state index in [9.17, 15) is 4.39 Å². The zero-order valence-electron chi connectivity index (χ0n) is 15.6. The monoisotopic (exact) mass is 365 g/mol. The summed E-state index contributed by atoms with van der Waals surface area (Å²) in [6, 6.07) is 15.0. The van der Waals surface area contributed by atoms with Gasteiger partial charge in [-0.15, -0.1) is 0 Å². The van der Waals surface area contributed by atoms with E-state index in [1.807, 2.05) is 25.4 Å². The molecule has 1 heterocycles. The van der Waals surface area contributed by atoms with Crippen molar-refractivity contribution in [1.29, 1.82) is 0 Å². The molecule has 0 spiro atoms. The van der Waals surface area contributed by atoms with Gasteiger partial charge in [-0.3, -0.25) is 4.99 Å². The van der Waals surface area contributed by atoms with Gasteiger partial charge in [-0.2, -0.15) is 0 Å². The molecule has 0 bridgehead atoms. The lowest BCUT2D eigenvalue weighted by Gasteiger charge is -2.13. The normalized spacial score (nSPS) is 11.4. The highest BCUT2D eigenvalue weighted by Crippen LogP contribution is 2.09. The molecular weight excluding hydrogens is 341 g/mol. The summed E-state index contributed by atoms with van der Waals surface area (Å²) in [6.45, 7) is 3.96. The molecule has 6 heteroatoms. The molecule has 0 saturated carbocycles. The number of imidazole rings is 1. The maximum atomic E-state index is 13.3. The number of hydrogen-bond acceptors (Lipinski definition) is 2. The summed E-state index contributed by atoms with van der Waals surface area (Å²) in [5.41, 5.74) is 3.26. The number of guanidine groups is 1. The summed E-state index contributed by atoms with van der Waals surface area (Å²) in [6.07, 6.45) is 3.80. The van der Waals surface area contributed by atoms with Crippen molar-refractivity contribution in [2.24, 2.45) is 4.99 Å². The first-order valence-electron chi connectivity index (χ1n) is 8.88. The van der Waals surface area contributed by atoms with Crippen molar-refractivity contribution in [1.82, 2.24) is 20.2 Å². The van der Waals surface area contributed by atoms with E-state index in [1.54, 1.807) is 13.1 Å². The smallest absolute Gasteiger partial charge is 0.191 e. The van der Waals surface area contributed by atoms with Crippen molar-refractivity contribution in [2.45, 2.75) is 26.6 Å². The van der Waals surface area contributed by atoms with Crippen LogP contribution in [-0.2, 0) is 19.6 Å². The Labute approximate surface area is 159 Å². The molecule has 2 N–H and O–H groups in total. The summed E-state index contributed by atoms with van der Waals surface area (Å²) < 4.78 is 15.4. The fourth-order valence-electron chi connectivity index (χ4n) is 2.84. The Morgan fingerprint density at radius 2 is 1.70 bits per heavy atom. The van der Waals surface area contributed by atoms with Crippen LogP contribution >= 0.6 is 0 Å². The van der Waals surface area contributed by atoms with E-state index in [1.165, 1.54) is 23.3 Å². The lowest BCUT2D eigenvalue weighted by atomic mass is 10.1. The molecule has 0 amide bonds. The second-order valence-corrected chi connectivity index (χ2v) is 6.33. The summed E-state index contributed by atoms with van der Waals surface area (Å²) >= 11 is 0. The third-order valence-electron chi connectivity index (χ3n) is 4.30. The summed E-state index contributed by atoms with van der Waals surface area (Å²) in [7, 11) is 1.72. The molecule has 0 saturated heterocycles. The minimum absolute atomic E-state index is 0.234. The Kier molecular flexibility index (Phi) is 6.20. The average molecular weight is 365 g/mol. The zero-order valence-corrected chi connectivity index (χ0v) is 15.6. The number of nitrogens with zero attached hydrogens (tertiary/aromatic N) is 3. The van der Waals surface area contributed by atoms with Gasteiger partial charge in [0.2, 0.25) is 0 Å². The fraction of sp³-hybridized carbons (Fsp3) is 0.238. The molecule has 1 aromatic heterocycles. The maximum Gasteiger partial charge on any atom is 0.191 e. The summed E-state index contributed by atoms with van der Waals surface area (Å²) in [4.78, 5) is 8.48. The van der Waals surface area contributed by atoms with Crippen molar-refractivity contribution in [3.05, 3.63) is 89.3 Å². The Bertz CT molecular complexity index is 916. The van der Waals surface area contributed by atoms with Crippen LogP contribution in [0, 0.1) is 12.7 Å². The molecule has 0 fully saturated rings. The first-order valence-corrected chi connectivity index (χ1v) is 8.88. The Morgan fingerprint density at radius 3 is 2.33 bits per heavy atom. The Morgan fingerprint density at radius 1 is 1.04 bits per heavy atom. The van der Waals surface area contributed by atoms with E-state index < -0.39 is 0 Å². The van der Waals surface area contributed by atoms with Crippen LogP contribution in [0.1, 0.15) is 22.5 Å². The van der Waals surface area contributed by atoms with Gasteiger partial charge in [-0.1, -0.05) is 36.4 Å². The van der Waals surface area contributed by atoms with Crippen LogP contribution < -0.4 is 10.6 Å². The third kappa shape index (κ3) is 5.41. The molecule has 0 unspecified atom stereocenters. The van der Waals surface area contributed by atoms with Crippen LogP contribution in [0.15, 0.2) is 65.9 Å². The van der Waals surface area contributed by atoms with Gasteiger partial charge >= 0.3 is 0 Å². The van der Waals surface area contributed by atoms with Gasteiger partial charge in [0.05, 0.1) is 0 Å². The maximum absolute atomic E-state index is 13.3. The van der Waals surface area contributed by atoms with E-state index in [2.05, 4.69) is 49.4 Å². The van der Waals surface area contributed by atoms with E-state index in [-0.39, 0.29) is 5.82 Å². The molecule has 0 aliphatic carbocycles. The van der Waals surface area contributed by atoms with Crippen LogP contribution in [0.4, 0.5) is 4.39 Å². The first-order chi connectivity index (χ1) is 13.1. The van der Waals surface area contributed by atoms with Crippen molar-refractivity contribution in [2.75, 3.05) is 7.05 Å². The number of nitrogens with one attached hydrogen (secondary N) is 2. The SMILES string of the molecule is CN=C(NCc1cccc(F)c1)NCc1cccc(Cn2ccnc2C)c1. The number of aromatic nitrogens is 2. The summed E-state index contributed by atoms with van der Waals surface area (Å²) in [5, 5.41) is 6.50. The first kappa shape index (κ1) is 18.6. The third-order valence-corrected chi connectivity index (χ3v) is 4.30. The van der Waals surface area contributed by atoms with Gasteiger partial charge in [-0.25, -0.2) is 9.37 Å². The molecule has 27 heavy (non-hydrogen) atoms. The predicted molar refractivity (Wildman–Crippen MR) is 106 cm³/mol. The average Bonchev–Trinajstić information content (AvgIpc) is 3.07. The van der Waals surface area contributed by atoms with Gasteiger partial charge < -0.3 is 15.2 Å². The van der Waals surface area contributed by atoms with Crippen molar-refractivity contribution in [3.8, 4) is 0 Å². The largest absolute Gasteiger partial charge is 0.352 e. The van der Waals surface area contributed by atoms with E-state index in [0.717, 1.165) is 17.9 Å². The molecule has 3 aromatic rings. The fourth-order valence-corrected chi connectivity index (χ4v) is 2.84. The standard InChI is InChI=1S/C21H24FN5/c1-16-24-9-10-27(16)15-19-7-3-5-17(11-19)13-25-21(23-2)26-14-18-6-4-8-20(22)12-18/h3-12H,13-15H2,1-2H3,(H2,23,25,26). The van der Waals surface area contributed by atoms with Gasteiger partial charge in [0, 0.05) is 39.1 Å². The Hall–Kier alpha value is -3.15. The topological polar surface area (TPSA) is 54.2 Å². The minimum Gasteiger partial charge on any atom is -0.352 e. The molecule has 0 radical (unpaired) electrons. The quantitative estimate of drug-likeness (QED) is 0.521. The zero-order chi connectivity index (χ0) is 19.1. The van der Waals surface area contributed by atoms with Crippen molar-refractivity contribution >= 4 is 5.96 Å². The van der Waals surface area contributed by atoms with Gasteiger partial charge in [-0.05, 0) is 35.7 Å². The van der Waals surface area contributed by atoms with Crippen LogP contribution in [0.25, 0.3) is 0 Å². The van der Waals surface area contributed by atoms with E-state index >= 15 is 0 Å². The summed E-state index contributed by atoms with van der Waals surface area (Å²) in [5.74, 6) is 1.44. The second kappa shape index (κ2) is 8.98. The lowest BCUT2D eigenvalue weighted by Crippen LogP contribution is -2.36. The molecule has 0 atom stereocenters. The van der Waals surface area contributed by atoms with Crippen LogP contribution in [-0.4, -0.2) is 22.6 Å². The highest BCUT2D eigenvalue weighted by Gasteiger charge is 2.03. The number of aliphatic imine (C=N–C) groups is 1. The molecule has 5 nitrogen and oxygen atoms in total.